The van der Waals surface area contributed by atoms with Crippen LogP contribution in [-0.4, -0.2) is 21.9 Å². The predicted octanol–water partition coefficient (Wildman–Crippen LogP) is 3.13. The van der Waals surface area contributed by atoms with Crippen molar-refractivity contribution in [2.45, 2.75) is 12.5 Å². The standard InChI is InChI=1S/C15H12ClN3O4/c16-9-1-6-14(17-8-9)23-11-4-2-10(3-5-11)18-15(20)12-7-13(12)19(21)22/h1-6,8,12-13H,7H2,(H,18,20)/t12-,13-/m0/s1. The molecule has 2 aromatic rings. The minimum atomic E-state index is -0.756. The van der Waals surface area contributed by atoms with Gasteiger partial charge in [0.15, 0.2) is 0 Å². The lowest BCUT2D eigenvalue weighted by Gasteiger charge is -2.07. The first-order valence-electron chi connectivity index (χ1n) is 6.87. The molecule has 0 spiro atoms. The van der Waals surface area contributed by atoms with Gasteiger partial charge in [0.05, 0.1) is 5.02 Å². The summed E-state index contributed by atoms with van der Waals surface area (Å²) >= 11 is 5.74. The lowest BCUT2D eigenvalue weighted by atomic mass is 10.3. The van der Waals surface area contributed by atoms with Crippen LogP contribution in [0.3, 0.4) is 0 Å². The summed E-state index contributed by atoms with van der Waals surface area (Å²) in [5.41, 5.74) is 0.556. The van der Waals surface area contributed by atoms with Gasteiger partial charge in [0.1, 0.15) is 11.7 Å². The third kappa shape index (κ3) is 3.75. The second-order valence-electron chi connectivity index (χ2n) is 5.13. The first-order valence-corrected chi connectivity index (χ1v) is 7.24. The lowest BCUT2D eigenvalue weighted by Crippen LogP contribution is -2.18. The van der Waals surface area contributed by atoms with Crippen LogP contribution in [0, 0.1) is 16.0 Å². The minimum absolute atomic E-state index is 0.294. The quantitative estimate of drug-likeness (QED) is 0.670. The molecular weight excluding hydrogens is 322 g/mol. The van der Waals surface area contributed by atoms with E-state index >= 15 is 0 Å². The summed E-state index contributed by atoms with van der Waals surface area (Å²) in [6.45, 7) is 0. The van der Waals surface area contributed by atoms with E-state index in [0.29, 0.717) is 28.8 Å². The Labute approximate surface area is 136 Å². The van der Waals surface area contributed by atoms with Crippen LogP contribution in [0.2, 0.25) is 5.02 Å². The van der Waals surface area contributed by atoms with Crippen molar-refractivity contribution < 1.29 is 14.5 Å². The molecule has 1 aliphatic rings. The SMILES string of the molecule is O=C(Nc1ccc(Oc2ccc(Cl)cn2)cc1)[C@H]1C[C@@H]1[N+](=O)[O-]. The van der Waals surface area contributed by atoms with Crippen molar-refractivity contribution in [1.29, 1.82) is 0 Å². The molecule has 8 heteroatoms. The summed E-state index contributed by atoms with van der Waals surface area (Å²) < 4.78 is 5.53. The molecule has 1 saturated carbocycles. The maximum Gasteiger partial charge on any atom is 0.234 e. The molecule has 118 valence electrons. The average Bonchev–Trinajstić information content (AvgIpc) is 3.32. The van der Waals surface area contributed by atoms with Crippen molar-refractivity contribution in [3.63, 3.8) is 0 Å². The zero-order valence-electron chi connectivity index (χ0n) is 11.8. The largest absolute Gasteiger partial charge is 0.439 e. The number of aromatic nitrogens is 1. The Balaban J connectivity index is 1.58. The number of nitrogens with one attached hydrogen (secondary N) is 1. The van der Waals surface area contributed by atoms with Gasteiger partial charge >= 0.3 is 0 Å². The van der Waals surface area contributed by atoms with Crippen LogP contribution in [0.1, 0.15) is 6.42 Å². The van der Waals surface area contributed by atoms with Gasteiger partial charge in [-0.25, -0.2) is 4.98 Å². The molecule has 0 aliphatic heterocycles. The Bertz CT molecular complexity index is 733. The van der Waals surface area contributed by atoms with E-state index in [1.807, 2.05) is 0 Å². The van der Waals surface area contributed by atoms with E-state index in [-0.39, 0.29) is 5.91 Å². The number of benzene rings is 1. The molecular formula is C15H12ClN3O4. The lowest BCUT2D eigenvalue weighted by molar-refractivity contribution is -0.497. The number of carbonyl (C=O) groups is 1. The van der Waals surface area contributed by atoms with Gasteiger partial charge in [-0.2, -0.15) is 0 Å². The molecule has 1 aliphatic carbocycles. The van der Waals surface area contributed by atoms with Crippen LogP contribution in [0.15, 0.2) is 42.6 Å². The topological polar surface area (TPSA) is 94.4 Å². The first-order chi connectivity index (χ1) is 11.0. The smallest absolute Gasteiger partial charge is 0.234 e. The highest BCUT2D eigenvalue weighted by atomic mass is 35.5. The summed E-state index contributed by atoms with van der Waals surface area (Å²) in [5, 5.41) is 13.7. The number of carbonyl (C=O) groups excluding carboxylic acids is 1. The van der Waals surface area contributed by atoms with Gasteiger partial charge in [-0.15, -0.1) is 0 Å². The molecule has 2 atom stereocenters. The number of rotatable bonds is 5. The van der Waals surface area contributed by atoms with Gasteiger partial charge in [0, 0.05) is 29.3 Å². The Morgan fingerprint density at radius 3 is 2.61 bits per heavy atom. The summed E-state index contributed by atoms with van der Waals surface area (Å²) in [6, 6.07) is 9.21. The molecule has 1 aromatic carbocycles. The van der Waals surface area contributed by atoms with E-state index in [4.69, 9.17) is 16.3 Å². The fourth-order valence-electron chi connectivity index (χ4n) is 2.08. The zero-order valence-corrected chi connectivity index (χ0v) is 12.6. The number of pyridine rings is 1. The van der Waals surface area contributed by atoms with Crippen molar-refractivity contribution in [3.8, 4) is 11.6 Å². The molecule has 0 saturated heterocycles. The molecule has 1 aromatic heterocycles. The van der Waals surface area contributed by atoms with Crippen LogP contribution in [0.4, 0.5) is 5.69 Å². The van der Waals surface area contributed by atoms with E-state index in [9.17, 15) is 14.9 Å². The fourth-order valence-corrected chi connectivity index (χ4v) is 2.19. The number of hydrogen-bond donors (Lipinski definition) is 1. The van der Waals surface area contributed by atoms with E-state index in [1.165, 1.54) is 6.20 Å². The van der Waals surface area contributed by atoms with E-state index in [2.05, 4.69) is 10.3 Å². The Kier molecular flexibility index (Phi) is 4.12. The summed E-state index contributed by atoms with van der Waals surface area (Å²) in [5.74, 6) is 0.0735. The van der Waals surface area contributed by atoms with Crippen molar-refractivity contribution in [1.82, 2.24) is 4.98 Å². The molecule has 1 amide bonds. The molecule has 1 fully saturated rings. The van der Waals surface area contributed by atoms with Gasteiger partial charge in [0.25, 0.3) is 0 Å². The molecule has 7 nitrogen and oxygen atoms in total. The molecule has 1 N–H and O–H groups in total. The third-order valence-corrected chi connectivity index (χ3v) is 3.63. The highest BCUT2D eigenvalue weighted by molar-refractivity contribution is 6.30. The van der Waals surface area contributed by atoms with Crippen LogP contribution < -0.4 is 10.1 Å². The first kappa shape index (κ1) is 15.2. The van der Waals surface area contributed by atoms with Gasteiger partial charge < -0.3 is 10.1 Å². The molecule has 1 heterocycles. The van der Waals surface area contributed by atoms with Crippen molar-refractivity contribution >= 4 is 23.2 Å². The molecule has 0 bridgehead atoms. The van der Waals surface area contributed by atoms with E-state index in [1.54, 1.807) is 36.4 Å². The third-order valence-electron chi connectivity index (χ3n) is 3.41. The van der Waals surface area contributed by atoms with E-state index < -0.39 is 16.9 Å². The van der Waals surface area contributed by atoms with Gasteiger partial charge in [0.2, 0.25) is 17.8 Å². The summed E-state index contributed by atoms with van der Waals surface area (Å²) in [6.07, 6.45) is 1.77. The maximum absolute atomic E-state index is 11.8. The maximum atomic E-state index is 11.8. The van der Waals surface area contributed by atoms with Gasteiger partial charge in [-0.05, 0) is 30.3 Å². The monoisotopic (exact) mass is 333 g/mol. The molecule has 3 rings (SSSR count). The predicted molar refractivity (Wildman–Crippen MR) is 83.3 cm³/mol. The van der Waals surface area contributed by atoms with Crippen LogP contribution in [0.5, 0.6) is 11.6 Å². The molecule has 23 heavy (non-hydrogen) atoms. The summed E-state index contributed by atoms with van der Waals surface area (Å²) in [7, 11) is 0. The van der Waals surface area contributed by atoms with Crippen LogP contribution >= 0.6 is 11.6 Å². The number of halogens is 1. The number of ether oxygens (including phenoxy) is 1. The van der Waals surface area contributed by atoms with Gasteiger partial charge in [-0.1, -0.05) is 11.6 Å². The molecule has 0 radical (unpaired) electrons. The van der Waals surface area contributed by atoms with Crippen LogP contribution in [-0.2, 0) is 4.79 Å². The Morgan fingerprint density at radius 2 is 2.04 bits per heavy atom. The van der Waals surface area contributed by atoms with Crippen molar-refractivity contribution in [2.24, 2.45) is 5.92 Å². The number of nitro groups is 1. The highest BCUT2D eigenvalue weighted by Crippen LogP contribution is 2.34. The van der Waals surface area contributed by atoms with Crippen molar-refractivity contribution in [3.05, 3.63) is 57.7 Å². The van der Waals surface area contributed by atoms with Crippen LogP contribution in [0.25, 0.3) is 0 Å². The minimum Gasteiger partial charge on any atom is -0.439 e. The highest BCUT2D eigenvalue weighted by Gasteiger charge is 2.53. The van der Waals surface area contributed by atoms with E-state index in [0.717, 1.165) is 0 Å². The number of amides is 1. The summed E-state index contributed by atoms with van der Waals surface area (Å²) in [4.78, 5) is 26.0. The Hall–Kier alpha value is -2.67. The molecule has 0 unspecified atom stereocenters. The second kappa shape index (κ2) is 6.21. The second-order valence-corrected chi connectivity index (χ2v) is 5.56. The number of hydrogen-bond acceptors (Lipinski definition) is 5. The Morgan fingerprint density at radius 1 is 1.30 bits per heavy atom. The van der Waals surface area contributed by atoms with Gasteiger partial charge in [-0.3, -0.25) is 14.9 Å². The average molecular weight is 334 g/mol. The normalized spacial score (nSPS) is 19.0. The number of anilines is 1. The van der Waals surface area contributed by atoms with Crippen molar-refractivity contribution in [2.75, 3.05) is 5.32 Å². The number of nitrogens with zero attached hydrogens (tertiary/aromatic N) is 2. The fraction of sp³-hybridized carbons (Fsp3) is 0.200. The zero-order chi connectivity index (χ0) is 16.4.